The average Bonchev–Trinajstić information content (AvgIpc) is 2.85. The molecule has 0 aromatic carbocycles. The molecule has 25 heavy (non-hydrogen) atoms. The predicted octanol–water partition coefficient (Wildman–Crippen LogP) is -1.98. The number of fused-ring (bicyclic) bond motifs is 1. The van der Waals surface area contributed by atoms with Crippen LogP contribution in [0.15, 0.2) is 23.4 Å². The number of aliphatic hydroxyl groups is 1. The Kier molecular flexibility index (Phi) is 4.12. The number of amides is 1. The van der Waals surface area contributed by atoms with Gasteiger partial charge >= 0.3 is 5.69 Å². The predicted molar refractivity (Wildman–Crippen MR) is 87.3 cm³/mol. The Hall–Kier alpha value is -3.38. The van der Waals surface area contributed by atoms with Gasteiger partial charge in [0.15, 0.2) is 11.5 Å². The summed E-state index contributed by atoms with van der Waals surface area (Å²) in [7, 11) is 1.47. The Morgan fingerprint density at radius 2 is 2.12 bits per heavy atom. The number of aliphatic hydroxyl groups excluding tert-OH is 1. The first-order valence-electron chi connectivity index (χ1n) is 7.14. The van der Waals surface area contributed by atoms with Gasteiger partial charge in [-0.05, 0) is 0 Å². The van der Waals surface area contributed by atoms with Gasteiger partial charge < -0.3 is 10.8 Å². The number of hydrazine groups is 1. The molecule has 0 unspecified atom stereocenters. The second-order valence-electron chi connectivity index (χ2n) is 5.06. The van der Waals surface area contributed by atoms with Gasteiger partial charge in [0, 0.05) is 19.4 Å². The molecule has 0 aliphatic carbocycles. The Balaban J connectivity index is 2.21. The lowest BCUT2D eigenvalue weighted by Crippen LogP contribution is -2.39. The van der Waals surface area contributed by atoms with Crippen LogP contribution in [0.5, 0.6) is 0 Å². The molecular weight excluding hydrogens is 330 g/mol. The zero-order valence-electron chi connectivity index (χ0n) is 13.2. The van der Waals surface area contributed by atoms with Gasteiger partial charge in [-0.25, -0.2) is 20.6 Å². The van der Waals surface area contributed by atoms with Crippen LogP contribution in [0, 0.1) is 0 Å². The molecule has 3 heterocycles. The summed E-state index contributed by atoms with van der Waals surface area (Å²) in [6.07, 6.45) is 4.01. The number of aromatic nitrogens is 6. The fraction of sp³-hybridized carbons (Fsp3) is 0.231. The van der Waals surface area contributed by atoms with Gasteiger partial charge in [-0.2, -0.15) is 9.97 Å². The quantitative estimate of drug-likeness (QED) is 0.275. The SMILES string of the molecule is Cn1c(=O)n(CCO)c2nc(N)nc(N(N)C(=O)c3cnccn3)c21. The van der Waals surface area contributed by atoms with Crippen LogP contribution < -0.4 is 22.3 Å². The van der Waals surface area contributed by atoms with Crippen molar-refractivity contribution < 1.29 is 9.90 Å². The molecule has 1 amide bonds. The highest BCUT2D eigenvalue weighted by Crippen LogP contribution is 2.23. The van der Waals surface area contributed by atoms with Crippen molar-refractivity contribution >= 4 is 28.8 Å². The van der Waals surface area contributed by atoms with Crippen LogP contribution in [0.1, 0.15) is 10.5 Å². The fourth-order valence-corrected chi connectivity index (χ4v) is 2.40. The summed E-state index contributed by atoms with van der Waals surface area (Å²) in [5, 5.41) is 9.88. The van der Waals surface area contributed by atoms with Gasteiger partial charge in [0.2, 0.25) is 5.95 Å². The number of aryl methyl sites for hydroxylation is 1. The topological polar surface area (TPSA) is 171 Å². The van der Waals surface area contributed by atoms with Crippen molar-refractivity contribution in [2.75, 3.05) is 17.3 Å². The third kappa shape index (κ3) is 2.68. The zero-order valence-corrected chi connectivity index (χ0v) is 13.2. The van der Waals surface area contributed by atoms with E-state index in [1.54, 1.807) is 0 Å². The number of imidazole rings is 1. The van der Waals surface area contributed by atoms with E-state index in [1.165, 1.54) is 34.8 Å². The summed E-state index contributed by atoms with van der Waals surface area (Å²) < 4.78 is 2.45. The van der Waals surface area contributed by atoms with Crippen LogP contribution in [0.25, 0.3) is 11.2 Å². The van der Waals surface area contributed by atoms with E-state index in [1.807, 2.05) is 0 Å². The molecule has 0 aliphatic rings. The minimum Gasteiger partial charge on any atom is -0.395 e. The number of hydrogen-bond acceptors (Lipinski definition) is 9. The first-order valence-corrected chi connectivity index (χ1v) is 7.14. The van der Waals surface area contributed by atoms with E-state index in [-0.39, 0.29) is 41.8 Å². The van der Waals surface area contributed by atoms with Crippen LogP contribution in [-0.4, -0.2) is 46.7 Å². The summed E-state index contributed by atoms with van der Waals surface area (Å²) in [4.78, 5) is 40.5. The molecular formula is C13H15N9O3. The second-order valence-corrected chi connectivity index (χ2v) is 5.06. The van der Waals surface area contributed by atoms with Gasteiger partial charge in [-0.15, -0.1) is 0 Å². The van der Waals surface area contributed by atoms with Crippen molar-refractivity contribution in [2.45, 2.75) is 6.54 Å². The molecule has 0 aliphatic heterocycles. The van der Waals surface area contributed by atoms with Gasteiger partial charge in [0.05, 0.1) is 19.3 Å². The van der Waals surface area contributed by atoms with Crippen LogP contribution >= 0.6 is 0 Å². The standard InChI is InChI=1S/C13H15N9O3/c1-20-8-9(21(4-5-23)13(20)25)18-12(14)19-10(8)22(15)11(24)7-6-16-2-3-17-7/h2-3,6,23H,4-5,15H2,1H3,(H2,14,18,19). The largest absolute Gasteiger partial charge is 0.395 e. The first kappa shape index (κ1) is 16.5. The Bertz CT molecular complexity index is 995. The number of anilines is 2. The minimum atomic E-state index is -0.685. The molecule has 3 aromatic rings. The van der Waals surface area contributed by atoms with Crippen LogP contribution in [0.2, 0.25) is 0 Å². The van der Waals surface area contributed by atoms with E-state index in [2.05, 4.69) is 19.9 Å². The van der Waals surface area contributed by atoms with E-state index in [0.29, 0.717) is 0 Å². The smallest absolute Gasteiger partial charge is 0.330 e. The van der Waals surface area contributed by atoms with Crippen molar-refractivity contribution in [3.63, 3.8) is 0 Å². The van der Waals surface area contributed by atoms with Crippen molar-refractivity contribution in [3.05, 3.63) is 34.8 Å². The summed E-state index contributed by atoms with van der Waals surface area (Å²) >= 11 is 0. The lowest BCUT2D eigenvalue weighted by molar-refractivity contribution is 0.0981. The number of carbonyl (C=O) groups is 1. The normalized spacial score (nSPS) is 11.0. The number of nitrogen functional groups attached to an aromatic ring is 1. The number of hydrogen-bond donors (Lipinski definition) is 3. The summed E-state index contributed by atoms with van der Waals surface area (Å²) in [5.74, 6) is 4.98. The highest BCUT2D eigenvalue weighted by Gasteiger charge is 2.25. The molecule has 0 radical (unpaired) electrons. The minimum absolute atomic E-state index is 0.00451. The monoisotopic (exact) mass is 345 g/mol. The molecule has 12 heteroatoms. The Labute approximate surface area is 140 Å². The molecule has 5 N–H and O–H groups in total. The van der Waals surface area contributed by atoms with Crippen LogP contribution in [0.3, 0.4) is 0 Å². The van der Waals surface area contributed by atoms with Gasteiger partial charge in [-0.1, -0.05) is 0 Å². The van der Waals surface area contributed by atoms with Crippen molar-refractivity contribution in [1.82, 2.24) is 29.1 Å². The molecule has 3 aromatic heterocycles. The first-order chi connectivity index (χ1) is 12.0. The lowest BCUT2D eigenvalue weighted by Gasteiger charge is -2.16. The Morgan fingerprint density at radius 3 is 2.76 bits per heavy atom. The molecule has 0 saturated heterocycles. The summed E-state index contributed by atoms with van der Waals surface area (Å²) in [5.41, 5.74) is 5.60. The Morgan fingerprint density at radius 1 is 1.36 bits per heavy atom. The summed E-state index contributed by atoms with van der Waals surface area (Å²) in [6.45, 7) is -0.266. The number of nitrogens with two attached hydrogens (primary N) is 2. The molecule has 130 valence electrons. The van der Waals surface area contributed by atoms with Crippen LogP contribution in [0.4, 0.5) is 11.8 Å². The molecule has 0 fully saturated rings. The lowest BCUT2D eigenvalue weighted by atomic mass is 10.3. The van der Waals surface area contributed by atoms with E-state index in [0.717, 1.165) is 5.01 Å². The molecule has 0 saturated carbocycles. The third-order valence-electron chi connectivity index (χ3n) is 3.53. The van der Waals surface area contributed by atoms with Crippen LogP contribution in [-0.2, 0) is 13.6 Å². The van der Waals surface area contributed by atoms with E-state index in [4.69, 9.17) is 16.7 Å². The molecule has 3 rings (SSSR count). The van der Waals surface area contributed by atoms with Gasteiger partial charge in [-0.3, -0.25) is 18.9 Å². The molecule has 0 bridgehead atoms. The average molecular weight is 345 g/mol. The molecule has 0 spiro atoms. The highest BCUT2D eigenvalue weighted by molar-refractivity contribution is 6.06. The van der Waals surface area contributed by atoms with E-state index in [9.17, 15) is 9.59 Å². The van der Waals surface area contributed by atoms with E-state index >= 15 is 0 Å². The maximum absolute atomic E-state index is 12.5. The summed E-state index contributed by atoms with van der Waals surface area (Å²) in [6, 6.07) is 0. The fourth-order valence-electron chi connectivity index (χ4n) is 2.40. The zero-order chi connectivity index (χ0) is 18.1. The van der Waals surface area contributed by atoms with E-state index < -0.39 is 11.6 Å². The van der Waals surface area contributed by atoms with Crippen molar-refractivity contribution in [2.24, 2.45) is 12.9 Å². The molecule has 12 nitrogen and oxygen atoms in total. The maximum Gasteiger partial charge on any atom is 0.330 e. The number of nitrogens with zero attached hydrogens (tertiary/aromatic N) is 7. The van der Waals surface area contributed by atoms with Gasteiger partial charge in [0.25, 0.3) is 5.91 Å². The maximum atomic E-state index is 12.5. The number of carbonyl (C=O) groups excluding carboxylic acids is 1. The number of rotatable bonds is 4. The highest BCUT2D eigenvalue weighted by atomic mass is 16.3. The second kappa shape index (κ2) is 6.26. The molecule has 0 atom stereocenters. The van der Waals surface area contributed by atoms with Gasteiger partial charge in [0.1, 0.15) is 11.2 Å². The van der Waals surface area contributed by atoms with Crippen molar-refractivity contribution in [3.8, 4) is 0 Å². The third-order valence-corrected chi connectivity index (χ3v) is 3.53. The van der Waals surface area contributed by atoms with Crippen molar-refractivity contribution in [1.29, 1.82) is 0 Å².